The van der Waals surface area contributed by atoms with E-state index in [0.717, 1.165) is 0 Å². The molecule has 0 aliphatic carbocycles. The number of nitrogens with zero attached hydrogens (tertiary/aromatic N) is 2. The first-order valence-electron chi connectivity index (χ1n) is 7.68. The molecule has 7 nitrogen and oxygen atoms in total. The molecule has 0 spiro atoms. The van der Waals surface area contributed by atoms with E-state index in [1.54, 1.807) is 31.2 Å². The molecule has 8 heteroatoms. The monoisotopic (exact) mass is 366 g/mol. The van der Waals surface area contributed by atoms with Crippen LogP contribution in [0.15, 0.2) is 53.4 Å². The van der Waals surface area contributed by atoms with Crippen molar-refractivity contribution in [3.63, 3.8) is 0 Å². The second-order valence-electron chi connectivity index (χ2n) is 6.33. The molecule has 0 aliphatic rings. The molecular weight excluding hydrogens is 344 g/mol. The third-order valence-electron chi connectivity index (χ3n) is 4.11. The predicted octanol–water partition coefficient (Wildman–Crippen LogP) is 2.74. The summed E-state index contributed by atoms with van der Waals surface area (Å²) >= 11 is 0. The zero-order valence-corrected chi connectivity index (χ0v) is 15.1. The van der Waals surface area contributed by atoms with Crippen molar-refractivity contribution in [3.05, 3.63) is 53.7 Å². The number of quaternary nitrogens is 1. The summed E-state index contributed by atoms with van der Waals surface area (Å²) in [6, 6.07) is 11.9. The fourth-order valence-corrected chi connectivity index (χ4v) is 3.07. The number of likely N-dealkylation sites (N-methyl/N-ethyl adjacent to an activating group) is 1. The smallest absolute Gasteiger partial charge is 0.296 e. The number of para-hydroxylation sites is 3. The summed E-state index contributed by atoms with van der Waals surface area (Å²) in [6.07, 6.45) is 0. The molecule has 0 radical (unpaired) electrons. The lowest BCUT2D eigenvalue weighted by molar-refractivity contribution is -0.862. The van der Waals surface area contributed by atoms with Crippen LogP contribution < -0.4 is 4.90 Å². The summed E-state index contributed by atoms with van der Waals surface area (Å²) in [7, 11) is -1.50. The Hall–Kier alpha value is -2.13. The van der Waals surface area contributed by atoms with Gasteiger partial charge in [0, 0.05) is 0 Å². The van der Waals surface area contributed by atoms with E-state index in [1.807, 2.05) is 0 Å². The molecule has 1 atom stereocenters. The molecule has 2 aromatic carbocycles. The molecule has 2 N–H and O–H groups in total. The van der Waals surface area contributed by atoms with Crippen LogP contribution in [-0.4, -0.2) is 49.4 Å². The molecule has 0 saturated carbocycles. The van der Waals surface area contributed by atoms with E-state index in [2.05, 4.69) is 0 Å². The lowest BCUT2D eigenvalue weighted by Gasteiger charge is -2.42. The Morgan fingerprint density at radius 1 is 1.08 bits per heavy atom. The Bertz CT molecular complexity index is 846. The van der Waals surface area contributed by atoms with Crippen LogP contribution >= 0.6 is 0 Å². The molecule has 0 heterocycles. The first-order chi connectivity index (χ1) is 11.5. The molecular formula is C17H22N2O5S. The average Bonchev–Trinajstić information content (AvgIpc) is 2.51. The fraction of sp³-hybridized carbons (Fsp3) is 0.294. The zero-order valence-electron chi connectivity index (χ0n) is 14.3. The summed E-state index contributed by atoms with van der Waals surface area (Å²) in [5.74, 6) is -0.0592. The third-order valence-corrected chi connectivity index (χ3v) is 5.02. The molecule has 0 amide bonds. The van der Waals surface area contributed by atoms with Crippen molar-refractivity contribution < 1.29 is 22.7 Å². The molecule has 25 heavy (non-hydrogen) atoms. The summed E-state index contributed by atoms with van der Waals surface area (Å²) in [6.45, 7) is 1.87. The third kappa shape index (κ3) is 4.49. The van der Waals surface area contributed by atoms with Crippen molar-refractivity contribution >= 4 is 21.5 Å². The van der Waals surface area contributed by atoms with E-state index in [-0.39, 0.29) is 22.9 Å². The van der Waals surface area contributed by atoms with Gasteiger partial charge in [-0.2, -0.15) is 8.42 Å². The summed E-state index contributed by atoms with van der Waals surface area (Å²) in [4.78, 5) is 1.24. The molecule has 0 bridgehead atoms. The van der Waals surface area contributed by atoms with Crippen molar-refractivity contribution in [2.75, 3.05) is 25.5 Å². The number of anilines is 2. The number of phenolic OH excluding ortho intramolecular Hbond substituents is 1. The number of aromatic hydroxyl groups is 1. The molecule has 0 saturated heterocycles. The molecule has 0 aromatic heterocycles. The fourth-order valence-electron chi connectivity index (χ4n) is 2.38. The molecule has 0 fully saturated rings. The van der Waals surface area contributed by atoms with E-state index >= 15 is 0 Å². The lowest BCUT2D eigenvalue weighted by Crippen LogP contribution is -2.47. The largest absolute Gasteiger partial charge is 0.633 e. The molecule has 136 valence electrons. The highest BCUT2D eigenvalue weighted by Crippen LogP contribution is 2.36. The lowest BCUT2D eigenvalue weighted by atomic mass is 10.2. The Morgan fingerprint density at radius 2 is 1.60 bits per heavy atom. The van der Waals surface area contributed by atoms with Gasteiger partial charge in [0.05, 0.1) is 32.0 Å². The van der Waals surface area contributed by atoms with Crippen LogP contribution in [0.5, 0.6) is 5.75 Å². The average molecular weight is 366 g/mol. The summed E-state index contributed by atoms with van der Waals surface area (Å²) < 4.78 is 32.5. The van der Waals surface area contributed by atoms with E-state index in [0.29, 0.717) is 5.69 Å². The van der Waals surface area contributed by atoms with Crippen LogP contribution in [-0.2, 0) is 10.1 Å². The van der Waals surface area contributed by atoms with E-state index in [4.69, 9.17) is 0 Å². The van der Waals surface area contributed by atoms with Gasteiger partial charge in [-0.3, -0.25) is 4.55 Å². The van der Waals surface area contributed by atoms with Crippen molar-refractivity contribution in [1.29, 1.82) is 0 Å². The maximum atomic E-state index is 12.2. The Balaban J connectivity index is 2.63. The first kappa shape index (κ1) is 19.2. The van der Waals surface area contributed by atoms with Crippen LogP contribution in [0.2, 0.25) is 0 Å². The van der Waals surface area contributed by atoms with Crippen LogP contribution in [0.1, 0.15) is 6.92 Å². The zero-order chi connectivity index (χ0) is 18.8. The molecule has 2 rings (SSSR count). The highest BCUT2D eigenvalue weighted by molar-refractivity contribution is 7.86. The van der Waals surface area contributed by atoms with Crippen LogP contribution in [0, 0.1) is 5.21 Å². The van der Waals surface area contributed by atoms with Gasteiger partial charge in [0.2, 0.25) is 0 Å². The second-order valence-corrected chi connectivity index (χ2v) is 7.72. The number of phenols is 1. The van der Waals surface area contributed by atoms with Gasteiger partial charge in [0.1, 0.15) is 16.7 Å². The topological polar surface area (TPSA) is 101 Å². The van der Waals surface area contributed by atoms with Gasteiger partial charge in [-0.1, -0.05) is 24.3 Å². The Kier molecular flexibility index (Phi) is 5.38. The number of rotatable bonds is 6. The van der Waals surface area contributed by atoms with Gasteiger partial charge in [0.15, 0.2) is 0 Å². The minimum atomic E-state index is -4.48. The predicted molar refractivity (Wildman–Crippen MR) is 96.3 cm³/mol. The summed E-state index contributed by atoms with van der Waals surface area (Å²) in [5.41, 5.74) is 0.533. The minimum Gasteiger partial charge on any atom is -0.633 e. The highest BCUT2D eigenvalue weighted by atomic mass is 32.2. The van der Waals surface area contributed by atoms with Crippen LogP contribution in [0.25, 0.3) is 0 Å². The first-order valence-corrected chi connectivity index (χ1v) is 9.12. The van der Waals surface area contributed by atoms with Crippen molar-refractivity contribution in [2.24, 2.45) is 0 Å². The van der Waals surface area contributed by atoms with E-state index in [9.17, 15) is 23.3 Å². The van der Waals surface area contributed by atoms with Gasteiger partial charge in [-0.15, -0.1) is 0 Å². The Labute approximate surface area is 147 Å². The highest BCUT2D eigenvalue weighted by Gasteiger charge is 2.26. The number of hydrogen-bond acceptors (Lipinski definition) is 5. The standard InChI is InChI=1S/C17H22N2O5S/c1-13(19(2,3)21)12-18(14-8-4-6-10-16(14)20)15-9-5-7-11-17(15)25(22,23)24/h4-11,13,20H,12H2,1-3H3,(H,22,23,24). The minimum absolute atomic E-state index is 0.0592. The number of hydroxylamine groups is 3. The molecule has 2 aromatic rings. The summed E-state index contributed by atoms with van der Waals surface area (Å²) in [5, 5.41) is 22.5. The normalized spacial score (nSPS) is 13.5. The van der Waals surface area contributed by atoms with Gasteiger partial charge >= 0.3 is 0 Å². The Morgan fingerprint density at radius 3 is 2.12 bits per heavy atom. The molecule has 1 unspecified atom stereocenters. The van der Waals surface area contributed by atoms with Crippen molar-refractivity contribution in [2.45, 2.75) is 17.9 Å². The maximum absolute atomic E-state index is 12.2. The maximum Gasteiger partial charge on any atom is 0.296 e. The van der Waals surface area contributed by atoms with Gasteiger partial charge in [0.25, 0.3) is 10.1 Å². The van der Waals surface area contributed by atoms with E-state index in [1.165, 1.54) is 43.3 Å². The van der Waals surface area contributed by atoms with Gasteiger partial charge < -0.3 is 19.9 Å². The molecule has 0 aliphatic heterocycles. The second kappa shape index (κ2) is 7.01. The van der Waals surface area contributed by atoms with Crippen molar-refractivity contribution in [1.82, 2.24) is 0 Å². The van der Waals surface area contributed by atoms with Crippen molar-refractivity contribution in [3.8, 4) is 5.75 Å². The van der Waals surface area contributed by atoms with Crippen LogP contribution in [0.3, 0.4) is 0 Å². The number of hydrogen-bond donors (Lipinski definition) is 2. The number of benzene rings is 2. The van der Waals surface area contributed by atoms with Gasteiger partial charge in [-0.05, 0) is 31.2 Å². The SMILES string of the molecule is CC(CN(c1ccccc1O)c1ccccc1S(=O)(=O)O)[N+](C)(C)[O-]. The van der Waals surface area contributed by atoms with Crippen LogP contribution in [0.4, 0.5) is 11.4 Å². The van der Waals surface area contributed by atoms with Gasteiger partial charge in [-0.25, -0.2) is 0 Å². The van der Waals surface area contributed by atoms with E-state index < -0.39 is 20.8 Å². The quantitative estimate of drug-likeness (QED) is 0.463.